The summed E-state index contributed by atoms with van der Waals surface area (Å²) >= 11 is 4.70. The molecule has 0 aliphatic carbocycles. The molecule has 0 aliphatic rings. The van der Waals surface area contributed by atoms with Crippen LogP contribution in [0, 0.1) is 0 Å². The number of aromatic nitrogens is 2. The molecule has 0 fully saturated rings. The first-order chi connectivity index (χ1) is 10.6. The minimum atomic E-state index is -0.117. The highest BCUT2D eigenvalue weighted by Crippen LogP contribution is 2.28. The van der Waals surface area contributed by atoms with Crippen molar-refractivity contribution in [3.63, 3.8) is 0 Å². The fourth-order valence-electron chi connectivity index (χ4n) is 2.52. The lowest BCUT2D eigenvalue weighted by atomic mass is 10.2. The van der Waals surface area contributed by atoms with Crippen molar-refractivity contribution in [3.8, 4) is 5.69 Å². The third kappa shape index (κ3) is 1.95. The molecule has 0 saturated carbocycles. The van der Waals surface area contributed by atoms with Gasteiger partial charge in [-0.2, -0.15) is 0 Å². The first-order valence-electron chi connectivity index (χ1n) is 6.56. The van der Waals surface area contributed by atoms with Gasteiger partial charge >= 0.3 is 0 Å². The summed E-state index contributed by atoms with van der Waals surface area (Å²) in [6, 6.07) is 10.8. The molecule has 4 aromatic rings. The Bertz CT molecular complexity index is 1120. The van der Waals surface area contributed by atoms with E-state index in [0.29, 0.717) is 15.5 Å². The van der Waals surface area contributed by atoms with Crippen molar-refractivity contribution in [3.05, 3.63) is 73.8 Å². The summed E-state index contributed by atoms with van der Waals surface area (Å²) in [5.74, 6) is 0. The van der Waals surface area contributed by atoms with Crippen LogP contribution in [0.1, 0.15) is 0 Å². The van der Waals surface area contributed by atoms with Crippen molar-refractivity contribution < 1.29 is 0 Å². The Morgan fingerprint density at radius 2 is 1.82 bits per heavy atom. The molecule has 1 N–H and O–H groups in total. The number of H-pyrrole nitrogens is 1. The summed E-state index contributed by atoms with van der Waals surface area (Å²) in [6.07, 6.45) is 3.32. The number of nitrogens with one attached hydrogen (secondary N) is 1. The van der Waals surface area contributed by atoms with Crippen LogP contribution in [0.5, 0.6) is 0 Å². The van der Waals surface area contributed by atoms with E-state index in [-0.39, 0.29) is 11.0 Å². The van der Waals surface area contributed by atoms with E-state index >= 15 is 0 Å². The zero-order valence-corrected chi connectivity index (χ0v) is 13.6. The molecule has 4 nitrogen and oxygen atoms in total. The molecule has 3 heterocycles. The first kappa shape index (κ1) is 13.5. The quantitative estimate of drug-likeness (QED) is 0.554. The zero-order chi connectivity index (χ0) is 15.3. The summed E-state index contributed by atoms with van der Waals surface area (Å²) in [5, 5.41) is 1.29. The monoisotopic (exact) mass is 372 g/mol. The highest BCUT2D eigenvalue weighted by molar-refractivity contribution is 9.10. The Kier molecular flexibility index (Phi) is 3.02. The number of aromatic amines is 1. The maximum absolute atomic E-state index is 12.7. The standard InChI is InChI=1S/C16H9BrN2O2S/c17-9-1-3-10(4-2-9)19-8-6-11-13-12(20)5-7-18-15(13)22-14(11)16(19)21/h1-8H,(H,18,20). The molecule has 0 spiro atoms. The summed E-state index contributed by atoms with van der Waals surface area (Å²) < 4.78 is 3.13. The zero-order valence-electron chi connectivity index (χ0n) is 11.2. The molecule has 4 rings (SSSR count). The van der Waals surface area contributed by atoms with Crippen LogP contribution in [-0.2, 0) is 0 Å². The fraction of sp³-hybridized carbons (Fsp3) is 0. The van der Waals surface area contributed by atoms with Gasteiger partial charge in [-0.3, -0.25) is 14.2 Å². The average Bonchev–Trinajstić information content (AvgIpc) is 2.90. The number of pyridine rings is 2. The van der Waals surface area contributed by atoms with E-state index in [4.69, 9.17) is 0 Å². The summed E-state index contributed by atoms with van der Waals surface area (Å²) in [4.78, 5) is 28.5. The molecule has 1 aromatic carbocycles. The third-order valence-corrected chi connectivity index (χ3v) is 5.20. The van der Waals surface area contributed by atoms with Gasteiger partial charge in [0.2, 0.25) is 0 Å². The second-order valence-corrected chi connectivity index (χ2v) is 6.79. The van der Waals surface area contributed by atoms with Gasteiger partial charge in [0, 0.05) is 34.0 Å². The average molecular weight is 373 g/mol. The van der Waals surface area contributed by atoms with Gasteiger partial charge in [0.1, 0.15) is 9.53 Å². The Hall–Kier alpha value is -2.18. The molecule has 3 aromatic heterocycles. The molecule has 6 heteroatoms. The summed E-state index contributed by atoms with van der Waals surface area (Å²) in [5.41, 5.74) is 0.605. The summed E-state index contributed by atoms with van der Waals surface area (Å²) in [6.45, 7) is 0. The number of halogens is 1. The molecule has 0 saturated heterocycles. The Morgan fingerprint density at radius 3 is 2.59 bits per heavy atom. The lowest BCUT2D eigenvalue weighted by Gasteiger charge is -2.05. The smallest absolute Gasteiger partial charge is 0.273 e. The molecular weight excluding hydrogens is 364 g/mol. The molecule has 0 bridgehead atoms. The van der Waals surface area contributed by atoms with E-state index in [0.717, 1.165) is 15.0 Å². The first-order valence-corrected chi connectivity index (χ1v) is 8.17. The fourth-order valence-corrected chi connectivity index (χ4v) is 3.89. The normalized spacial score (nSPS) is 11.3. The number of fused-ring (bicyclic) bond motifs is 3. The number of hydrogen-bond donors (Lipinski definition) is 1. The van der Waals surface area contributed by atoms with Crippen LogP contribution in [-0.4, -0.2) is 9.55 Å². The predicted molar refractivity (Wildman–Crippen MR) is 93.2 cm³/mol. The van der Waals surface area contributed by atoms with Gasteiger partial charge in [0.25, 0.3) is 5.56 Å². The molecule has 0 aliphatic heterocycles. The van der Waals surface area contributed by atoms with E-state index in [2.05, 4.69) is 20.9 Å². The van der Waals surface area contributed by atoms with Crippen LogP contribution in [0.3, 0.4) is 0 Å². The number of hydrogen-bond acceptors (Lipinski definition) is 3. The van der Waals surface area contributed by atoms with Crippen molar-refractivity contribution in [2.24, 2.45) is 0 Å². The van der Waals surface area contributed by atoms with Crippen molar-refractivity contribution in [1.29, 1.82) is 0 Å². The molecular formula is C16H9BrN2O2S. The van der Waals surface area contributed by atoms with E-state index in [1.54, 1.807) is 17.0 Å². The molecule has 0 amide bonds. The number of benzene rings is 1. The van der Waals surface area contributed by atoms with E-state index < -0.39 is 0 Å². The van der Waals surface area contributed by atoms with Crippen LogP contribution in [0.25, 0.3) is 26.0 Å². The number of nitrogens with zero attached hydrogens (tertiary/aromatic N) is 1. The van der Waals surface area contributed by atoms with Gasteiger partial charge in [-0.05, 0) is 30.3 Å². The van der Waals surface area contributed by atoms with Crippen LogP contribution >= 0.6 is 27.3 Å². The lowest BCUT2D eigenvalue weighted by Crippen LogP contribution is -2.16. The molecule has 0 atom stereocenters. The predicted octanol–water partition coefficient (Wildman–Crippen LogP) is 3.66. The summed E-state index contributed by atoms with van der Waals surface area (Å²) in [7, 11) is 0. The Morgan fingerprint density at radius 1 is 1.05 bits per heavy atom. The van der Waals surface area contributed by atoms with Crippen LogP contribution in [0.4, 0.5) is 0 Å². The third-order valence-electron chi connectivity index (χ3n) is 3.55. The Labute approximate surface area is 136 Å². The molecule has 108 valence electrons. The topological polar surface area (TPSA) is 54.9 Å². The molecule has 22 heavy (non-hydrogen) atoms. The van der Waals surface area contributed by atoms with Crippen molar-refractivity contribution in [1.82, 2.24) is 9.55 Å². The maximum atomic E-state index is 12.7. The second-order valence-electron chi connectivity index (χ2n) is 4.86. The van der Waals surface area contributed by atoms with Crippen molar-refractivity contribution in [2.75, 3.05) is 0 Å². The van der Waals surface area contributed by atoms with E-state index in [9.17, 15) is 9.59 Å². The van der Waals surface area contributed by atoms with E-state index in [1.165, 1.54) is 17.4 Å². The van der Waals surface area contributed by atoms with Gasteiger partial charge in [-0.1, -0.05) is 15.9 Å². The number of rotatable bonds is 1. The minimum absolute atomic E-state index is 0.0687. The SMILES string of the molecule is O=c1cc[nH]c2sc3c(=O)n(-c4ccc(Br)cc4)ccc3c12. The van der Waals surface area contributed by atoms with Crippen molar-refractivity contribution in [2.45, 2.75) is 0 Å². The van der Waals surface area contributed by atoms with Crippen LogP contribution in [0.15, 0.2) is 62.9 Å². The molecule has 0 unspecified atom stereocenters. The van der Waals surface area contributed by atoms with Crippen LogP contribution in [0.2, 0.25) is 0 Å². The van der Waals surface area contributed by atoms with Gasteiger partial charge in [-0.15, -0.1) is 11.3 Å². The Balaban J connectivity index is 2.08. The van der Waals surface area contributed by atoms with Gasteiger partial charge in [-0.25, -0.2) is 0 Å². The largest absolute Gasteiger partial charge is 0.353 e. The second kappa shape index (κ2) is 4.93. The highest BCUT2D eigenvalue weighted by atomic mass is 79.9. The van der Waals surface area contributed by atoms with Gasteiger partial charge < -0.3 is 4.98 Å². The van der Waals surface area contributed by atoms with E-state index in [1.807, 2.05) is 30.3 Å². The van der Waals surface area contributed by atoms with Gasteiger partial charge in [0.15, 0.2) is 5.43 Å². The van der Waals surface area contributed by atoms with Gasteiger partial charge in [0.05, 0.1) is 5.39 Å². The number of thiophene rings is 1. The molecule has 0 radical (unpaired) electrons. The van der Waals surface area contributed by atoms with Crippen LogP contribution < -0.4 is 11.0 Å². The minimum Gasteiger partial charge on any atom is -0.353 e. The van der Waals surface area contributed by atoms with Crippen molar-refractivity contribution >= 4 is 47.6 Å². The lowest BCUT2D eigenvalue weighted by molar-refractivity contribution is 1.01. The highest BCUT2D eigenvalue weighted by Gasteiger charge is 2.13. The maximum Gasteiger partial charge on any atom is 0.273 e.